The van der Waals surface area contributed by atoms with Crippen LogP contribution in [0.2, 0.25) is 0 Å². The van der Waals surface area contributed by atoms with Crippen LogP contribution in [-0.4, -0.2) is 17.4 Å². The molecule has 4 heteroatoms. The normalized spacial score (nSPS) is 19.1. The van der Waals surface area contributed by atoms with E-state index < -0.39 is 0 Å². The summed E-state index contributed by atoms with van der Waals surface area (Å²) in [5, 5.41) is 0. The van der Waals surface area contributed by atoms with Gasteiger partial charge < -0.3 is 4.90 Å². The number of halogens is 2. The molecule has 2 nitrogen and oxygen atoms in total. The molecule has 1 saturated carbocycles. The summed E-state index contributed by atoms with van der Waals surface area (Å²) < 4.78 is 14.6. The molecule has 17 heavy (non-hydrogen) atoms. The molecule has 0 spiro atoms. The first-order chi connectivity index (χ1) is 8.15. The molecule has 0 aromatic heterocycles. The number of nitrogens with zero attached hydrogens (tertiary/aromatic N) is 1. The average Bonchev–Trinajstić information content (AvgIpc) is 3.11. The summed E-state index contributed by atoms with van der Waals surface area (Å²) >= 11 is 3.30. The highest BCUT2D eigenvalue weighted by Crippen LogP contribution is 2.33. The van der Waals surface area contributed by atoms with E-state index in [1.807, 2.05) is 6.07 Å². The van der Waals surface area contributed by atoms with Crippen molar-refractivity contribution in [3.05, 3.63) is 33.5 Å². The molecule has 1 aromatic rings. The molecule has 3 rings (SSSR count). The van der Waals surface area contributed by atoms with E-state index in [1.165, 1.54) is 6.07 Å². The molecule has 1 fully saturated rings. The third kappa shape index (κ3) is 2.10. The van der Waals surface area contributed by atoms with Gasteiger partial charge in [-0.05, 0) is 37.0 Å². The van der Waals surface area contributed by atoms with Crippen molar-refractivity contribution in [2.45, 2.75) is 25.8 Å². The molecular formula is C13H13BrFNO. The van der Waals surface area contributed by atoms with Crippen LogP contribution >= 0.6 is 15.9 Å². The standard InChI is InChI=1S/C13H13BrFNO/c14-10-5-9-3-4-16(13(17)8-1-2-8)7-11(9)12(15)6-10/h5-6,8H,1-4,7H2. The molecule has 1 aliphatic heterocycles. The summed E-state index contributed by atoms with van der Waals surface area (Å²) in [6, 6.07) is 3.43. The largest absolute Gasteiger partial charge is 0.338 e. The van der Waals surface area contributed by atoms with E-state index in [0.29, 0.717) is 12.1 Å². The van der Waals surface area contributed by atoms with Crippen LogP contribution in [0, 0.1) is 11.7 Å². The van der Waals surface area contributed by atoms with E-state index in [2.05, 4.69) is 15.9 Å². The number of amides is 1. The first-order valence-electron chi connectivity index (χ1n) is 5.91. The maximum Gasteiger partial charge on any atom is 0.225 e. The fourth-order valence-corrected chi connectivity index (χ4v) is 2.84. The van der Waals surface area contributed by atoms with Crippen molar-refractivity contribution in [2.24, 2.45) is 5.92 Å². The highest BCUT2D eigenvalue weighted by molar-refractivity contribution is 9.10. The van der Waals surface area contributed by atoms with Gasteiger partial charge in [-0.3, -0.25) is 4.79 Å². The van der Waals surface area contributed by atoms with Crippen LogP contribution in [0.15, 0.2) is 16.6 Å². The number of hydrogen-bond donors (Lipinski definition) is 0. The fraction of sp³-hybridized carbons (Fsp3) is 0.462. The van der Waals surface area contributed by atoms with Gasteiger partial charge in [0.05, 0.1) is 0 Å². The van der Waals surface area contributed by atoms with Crippen molar-refractivity contribution in [3.8, 4) is 0 Å². The van der Waals surface area contributed by atoms with E-state index in [4.69, 9.17) is 0 Å². The van der Waals surface area contributed by atoms with Crippen molar-refractivity contribution in [3.63, 3.8) is 0 Å². The fourth-order valence-electron chi connectivity index (χ4n) is 2.36. The van der Waals surface area contributed by atoms with Crippen molar-refractivity contribution in [1.82, 2.24) is 4.90 Å². The van der Waals surface area contributed by atoms with Gasteiger partial charge in [-0.2, -0.15) is 0 Å². The van der Waals surface area contributed by atoms with Crippen molar-refractivity contribution >= 4 is 21.8 Å². The molecule has 1 aromatic carbocycles. The number of fused-ring (bicyclic) bond motifs is 1. The molecule has 0 saturated heterocycles. The highest BCUT2D eigenvalue weighted by Gasteiger charge is 2.35. The van der Waals surface area contributed by atoms with Gasteiger partial charge in [0, 0.05) is 29.0 Å². The smallest absolute Gasteiger partial charge is 0.225 e. The molecule has 2 aliphatic rings. The first kappa shape index (κ1) is 11.2. The molecule has 90 valence electrons. The van der Waals surface area contributed by atoms with Gasteiger partial charge in [-0.15, -0.1) is 0 Å². The zero-order chi connectivity index (χ0) is 12.0. The summed E-state index contributed by atoms with van der Waals surface area (Å²) in [5.74, 6) is 0.218. The van der Waals surface area contributed by atoms with Crippen LogP contribution in [0.25, 0.3) is 0 Å². The third-order valence-electron chi connectivity index (χ3n) is 3.49. The maximum absolute atomic E-state index is 13.8. The average molecular weight is 298 g/mol. The second kappa shape index (κ2) is 4.09. The lowest BCUT2D eigenvalue weighted by Crippen LogP contribution is -2.37. The summed E-state index contributed by atoms with van der Waals surface area (Å²) in [7, 11) is 0. The minimum Gasteiger partial charge on any atom is -0.338 e. The second-order valence-corrected chi connectivity index (χ2v) is 5.73. The van der Waals surface area contributed by atoms with Crippen LogP contribution in [0.1, 0.15) is 24.0 Å². The molecule has 0 N–H and O–H groups in total. The lowest BCUT2D eigenvalue weighted by atomic mass is 9.99. The van der Waals surface area contributed by atoms with Gasteiger partial charge in [0.2, 0.25) is 5.91 Å². The number of carbonyl (C=O) groups excluding carboxylic acids is 1. The third-order valence-corrected chi connectivity index (χ3v) is 3.95. The molecule has 0 atom stereocenters. The Labute approximate surface area is 108 Å². The highest BCUT2D eigenvalue weighted by atomic mass is 79.9. The topological polar surface area (TPSA) is 20.3 Å². The minimum absolute atomic E-state index is 0.206. The zero-order valence-electron chi connectivity index (χ0n) is 9.38. The van der Waals surface area contributed by atoms with Gasteiger partial charge in [-0.1, -0.05) is 15.9 Å². The molecule has 0 radical (unpaired) electrons. The minimum atomic E-state index is -0.206. The predicted octanol–water partition coefficient (Wildman–Crippen LogP) is 2.88. The van der Waals surface area contributed by atoms with E-state index in [1.54, 1.807) is 4.90 Å². The number of benzene rings is 1. The van der Waals surface area contributed by atoms with Crippen molar-refractivity contribution in [2.75, 3.05) is 6.54 Å². The van der Waals surface area contributed by atoms with Crippen LogP contribution < -0.4 is 0 Å². The van der Waals surface area contributed by atoms with E-state index in [0.717, 1.165) is 35.8 Å². The van der Waals surface area contributed by atoms with E-state index in [-0.39, 0.29) is 17.6 Å². The predicted molar refractivity (Wildman–Crippen MR) is 65.9 cm³/mol. The molecule has 1 aliphatic carbocycles. The summed E-state index contributed by atoms with van der Waals surface area (Å²) in [6.07, 6.45) is 2.76. The lowest BCUT2D eigenvalue weighted by Gasteiger charge is -2.29. The number of carbonyl (C=O) groups is 1. The summed E-state index contributed by atoms with van der Waals surface area (Å²) in [5.41, 5.74) is 1.71. The Kier molecular flexibility index (Phi) is 2.69. The zero-order valence-corrected chi connectivity index (χ0v) is 11.0. The van der Waals surface area contributed by atoms with Crippen LogP contribution in [0.4, 0.5) is 4.39 Å². The monoisotopic (exact) mass is 297 g/mol. The molecule has 1 amide bonds. The lowest BCUT2D eigenvalue weighted by molar-refractivity contribution is -0.133. The molecule has 1 heterocycles. The first-order valence-corrected chi connectivity index (χ1v) is 6.70. The van der Waals surface area contributed by atoms with Crippen molar-refractivity contribution in [1.29, 1.82) is 0 Å². The Hall–Kier alpha value is -0.900. The van der Waals surface area contributed by atoms with Gasteiger partial charge >= 0.3 is 0 Å². The second-order valence-electron chi connectivity index (χ2n) is 4.81. The Bertz CT molecular complexity index is 485. The summed E-state index contributed by atoms with van der Waals surface area (Å²) in [6.45, 7) is 1.15. The Morgan fingerprint density at radius 3 is 2.88 bits per heavy atom. The Morgan fingerprint density at radius 1 is 1.41 bits per heavy atom. The SMILES string of the molecule is O=C(C1CC1)N1CCc2cc(Br)cc(F)c2C1. The quantitative estimate of drug-likeness (QED) is 0.780. The van der Waals surface area contributed by atoms with E-state index >= 15 is 0 Å². The van der Waals surface area contributed by atoms with Crippen LogP contribution in [-0.2, 0) is 17.8 Å². The van der Waals surface area contributed by atoms with Crippen molar-refractivity contribution < 1.29 is 9.18 Å². The number of hydrogen-bond acceptors (Lipinski definition) is 1. The van der Waals surface area contributed by atoms with Gasteiger partial charge in [0.25, 0.3) is 0 Å². The molecule has 0 bridgehead atoms. The summed E-state index contributed by atoms with van der Waals surface area (Å²) in [4.78, 5) is 13.7. The van der Waals surface area contributed by atoms with Gasteiger partial charge in [0.15, 0.2) is 0 Å². The Balaban J connectivity index is 1.87. The maximum atomic E-state index is 13.8. The van der Waals surface area contributed by atoms with Crippen LogP contribution in [0.3, 0.4) is 0 Å². The molecule has 0 unspecified atom stereocenters. The van der Waals surface area contributed by atoms with E-state index in [9.17, 15) is 9.18 Å². The number of rotatable bonds is 1. The molecular weight excluding hydrogens is 285 g/mol. The van der Waals surface area contributed by atoms with Gasteiger partial charge in [-0.25, -0.2) is 4.39 Å². The van der Waals surface area contributed by atoms with Crippen LogP contribution in [0.5, 0.6) is 0 Å². The Morgan fingerprint density at radius 2 is 2.18 bits per heavy atom. The van der Waals surface area contributed by atoms with Gasteiger partial charge in [0.1, 0.15) is 5.82 Å².